The normalized spacial score (nSPS) is 28.6. The Morgan fingerprint density at radius 2 is 1.73 bits per heavy atom. The summed E-state index contributed by atoms with van der Waals surface area (Å²) in [5.41, 5.74) is 8.30. The molecular formula is C24H36N4O2. The van der Waals surface area contributed by atoms with Crippen LogP contribution in [0.25, 0.3) is 0 Å². The summed E-state index contributed by atoms with van der Waals surface area (Å²) in [5.74, 6) is 0.0349. The average molecular weight is 413 g/mol. The summed E-state index contributed by atoms with van der Waals surface area (Å²) in [6, 6.07) is 8.61. The quantitative estimate of drug-likeness (QED) is 0.642. The van der Waals surface area contributed by atoms with Gasteiger partial charge in [-0.2, -0.15) is 0 Å². The van der Waals surface area contributed by atoms with Gasteiger partial charge in [0.2, 0.25) is 11.8 Å². The molecule has 1 saturated heterocycles. The molecule has 2 aliphatic carbocycles. The van der Waals surface area contributed by atoms with Gasteiger partial charge in [0, 0.05) is 38.4 Å². The molecule has 6 heteroatoms. The van der Waals surface area contributed by atoms with Gasteiger partial charge in [-0.05, 0) is 69.0 Å². The van der Waals surface area contributed by atoms with Gasteiger partial charge >= 0.3 is 0 Å². The van der Waals surface area contributed by atoms with E-state index in [2.05, 4.69) is 46.3 Å². The number of rotatable bonds is 8. The lowest BCUT2D eigenvalue weighted by molar-refractivity contribution is -0.135. The van der Waals surface area contributed by atoms with Gasteiger partial charge in [-0.3, -0.25) is 14.5 Å². The predicted octanol–water partition coefficient (Wildman–Crippen LogP) is 2.16. The van der Waals surface area contributed by atoms with Crippen molar-refractivity contribution >= 4 is 17.5 Å². The summed E-state index contributed by atoms with van der Waals surface area (Å²) in [4.78, 5) is 29.5. The largest absolute Gasteiger partial charge is 0.369 e. The first-order chi connectivity index (χ1) is 14.5. The van der Waals surface area contributed by atoms with Gasteiger partial charge in [0.25, 0.3) is 0 Å². The zero-order valence-corrected chi connectivity index (χ0v) is 18.2. The van der Waals surface area contributed by atoms with Gasteiger partial charge in [0.1, 0.15) is 0 Å². The zero-order chi connectivity index (χ0) is 21.1. The number of hydrogen-bond acceptors (Lipinski definition) is 4. The van der Waals surface area contributed by atoms with Crippen LogP contribution in [0.5, 0.6) is 0 Å². The van der Waals surface area contributed by atoms with Crippen molar-refractivity contribution in [1.29, 1.82) is 0 Å². The molecule has 6 nitrogen and oxygen atoms in total. The van der Waals surface area contributed by atoms with Crippen molar-refractivity contribution in [3.05, 3.63) is 29.8 Å². The third kappa shape index (κ3) is 4.48. The highest BCUT2D eigenvalue weighted by molar-refractivity contribution is 5.88. The molecule has 30 heavy (non-hydrogen) atoms. The number of carbonyl (C=O) groups excluding carboxylic acids is 2. The maximum absolute atomic E-state index is 12.7. The van der Waals surface area contributed by atoms with E-state index in [4.69, 9.17) is 5.73 Å². The monoisotopic (exact) mass is 412 g/mol. The van der Waals surface area contributed by atoms with Crippen LogP contribution in [-0.2, 0) is 9.59 Å². The van der Waals surface area contributed by atoms with Crippen molar-refractivity contribution in [2.24, 2.45) is 29.4 Å². The Balaban J connectivity index is 1.13. The molecule has 4 rings (SSSR count). The molecule has 3 aliphatic rings. The van der Waals surface area contributed by atoms with Gasteiger partial charge in [-0.1, -0.05) is 18.2 Å². The lowest BCUT2D eigenvalue weighted by Gasteiger charge is -2.36. The highest BCUT2D eigenvalue weighted by atomic mass is 16.2. The number of para-hydroxylation sites is 1. The van der Waals surface area contributed by atoms with Gasteiger partial charge in [-0.25, -0.2) is 0 Å². The van der Waals surface area contributed by atoms with Crippen molar-refractivity contribution in [1.82, 2.24) is 10.2 Å². The number of anilines is 1. The number of carbonyl (C=O) groups is 2. The summed E-state index contributed by atoms with van der Waals surface area (Å²) in [5, 5.41) is 3.09. The van der Waals surface area contributed by atoms with E-state index in [1.807, 2.05) is 0 Å². The van der Waals surface area contributed by atoms with E-state index in [-0.39, 0.29) is 23.7 Å². The summed E-state index contributed by atoms with van der Waals surface area (Å²) < 4.78 is 0. The Morgan fingerprint density at radius 1 is 1.03 bits per heavy atom. The molecule has 2 amide bonds. The lowest BCUT2D eigenvalue weighted by Crippen LogP contribution is -2.47. The van der Waals surface area contributed by atoms with Crippen molar-refractivity contribution in [3.8, 4) is 0 Å². The minimum absolute atomic E-state index is 0.0536. The van der Waals surface area contributed by atoms with Crippen molar-refractivity contribution in [3.63, 3.8) is 0 Å². The average Bonchev–Trinajstić information content (AvgIpc) is 3.36. The predicted molar refractivity (Wildman–Crippen MR) is 119 cm³/mol. The van der Waals surface area contributed by atoms with Crippen LogP contribution in [0.1, 0.15) is 37.7 Å². The minimum atomic E-state index is -0.285. The van der Waals surface area contributed by atoms with E-state index in [1.54, 1.807) is 0 Å². The number of benzene rings is 1. The molecule has 3 fully saturated rings. The minimum Gasteiger partial charge on any atom is -0.369 e. The molecule has 1 heterocycles. The van der Waals surface area contributed by atoms with Crippen molar-refractivity contribution in [2.75, 3.05) is 44.2 Å². The Labute approximate surface area is 180 Å². The topological polar surface area (TPSA) is 78.7 Å². The standard InChI is InChI=1S/C24H36N4O2/c1-17-6-2-3-7-20(17)28-14-12-27(13-15-28)11-5-4-10-26-24(30)22-19-9-8-18(16-19)21(22)23(25)29/h2-3,6-7,18-19,21-22H,4-5,8-16H2,1H3,(H2,25,29)(H,26,30). The van der Waals surface area contributed by atoms with Crippen LogP contribution in [0, 0.1) is 30.6 Å². The van der Waals surface area contributed by atoms with Crippen LogP contribution in [0.15, 0.2) is 24.3 Å². The summed E-state index contributed by atoms with van der Waals surface area (Å²) in [7, 11) is 0. The summed E-state index contributed by atoms with van der Waals surface area (Å²) >= 11 is 0. The van der Waals surface area contributed by atoms with Gasteiger partial charge in [-0.15, -0.1) is 0 Å². The Bertz CT molecular complexity index is 759. The highest BCUT2D eigenvalue weighted by Gasteiger charge is 2.53. The molecule has 4 unspecified atom stereocenters. The number of piperazine rings is 1. The van der Waals surface area contributed by atoms with Crippen LogP contribution in [0.4, 0.5) is 5.69 Å². The van der Waals surface area contributed by atoms with Crippen LogP contribution >= 0.6 is 0 Å². The molecule has 0 spiro atoms. The third-order valence-electron chi connectivity index (χ3n) is 7.58. The molecule has 2 bridgehead atoms. The molecule has 0 aromatic heterocycles. The van der Waals surface area contributed by atoms with E-state index >= 15 is 0 Å². The Hall–Kier alpha value is -2.08. The SMILES string of the molecule is Cc1ccccc1N1CCN(CCCCNC(=O)C2C3CCC(C3)C2C(N)=O)CC1. The van der Waals surface area contributed by atoms with E-state index in [0.29, 0.717) is 18.4 Å². The van der Waals surface area contributed by atoms with E-state index in [0.717, 1.165) is 64.8 Å². The van der Waals surface area contributed by atoms with Gasteiger partial charge < -0.3 is 16.0 Å². The number of nitrogens with two attached hydrogens (primary N) is 1. The number of nitrogens with zero attached hydrogens (tertiary/aromatic N) is 2. The van der Waals surface area contributed by atoms with E-state index in [9.17, 15) is 9.59 Å². The molecule has 3 N–H and O–H groups in total. The number of fused-ring (bicyclic) bond motifs is 2. The molecule has 4 atom stereocenters. The molecule has 1 aromatic carbocycles. The fraction of sp³-hybridized carbons (Fsp3) is 0.667. The maximum atomic E-state index is 12.7. The number of primary amides is 1. The Kier molecular flexibility index (Phi) is 6.61. The third-order valence-corrected chi connectivity index (χ3v) is 7.58. The van der Waals surface area contributed by atoms with Gasteiger partial charge in [0.05, 0.1) is 11.8 Å². The molecule has 1 aromatic rings. The van der Waals surface area contributed by atoms with E-state index < -0.39 is 0 Å². The molecule has 164 valence electrons. The number of nitrogens with one attached hydrogen (secondary N) is 1. The fourth-order valence-corrected chi connectivity index (χ4v) is 6.00. The first-order valence-electron chi connectivity index (χ1n) is 11.6. The first-order valence-corrected chi connectivity index (χ1v) is 11.6. The second kappa shape index (κ2) is 9.38. The zero-order valence-electron chi connectivity index (χ0n) is 18.2. The van der Waals surface area contributed by atoms with Crippen molar-refractivity contribution in [2.45, 2.75) is 39.0 Å². The van der Waals surface area contributed by atoms with Crippen molar-refractivity contribution < 1.29 is 9.59 Å². The van der Waals surface area contributed by atoms with Crippen LogP contribution in [-0.4, -0.2) is 56.0 Å². The number of aryl methyl sites for hydroxylation is 1. The smallest absolute Gasteiger partial charge is 0.224 e. The lowest BCUT2D eigenvalue weighted by atomic mass is 9.78. The highest BCUT2D eigenvalue weighted by Crippen LogP contribution is 2.52. The second-order valence-electron chi connectivity index (χ2n) is 9.40. The summed E-state index contributed by atoms with van der Waals surface area (Å²) in [6.45, 7) is 8.27. The number of amides is 2. The molecule has 1 aliphatic heterocycles. The van der Waals surface area contributed by atoms with Crippen LogP contribution < -0.4 is 16.0 Å². The van der Waals surface area contributed by atoms with Gasteiger partial charge in [0.15, 0.2) is 0 Å². The van der Waals surface area contributed by atoms with Crippen LogP contribution in [0.2, 0.25) is 0 Å². The summed E-state index contributed by atoms with van der Waals surface area (Å²) in [6.07, 6.45) is 5.19. The molecular weight excluding hydrogens is 376 g/mol. The van der Waals surface area contributed by atoms with Crippen LogP contribution in [0.3, 0.4) is 0 Å². The fourth-order valence-electron chi connectivity index (χ4n) is 6.00. The first kappa shape index (κ1) is 21.2. The maximum Gasteiger partial charge on any atom is 0.224 e. The molecule has 0 radical (unpaired) electrons. The molecule has 2 saturated carbocycles. The van der Waals surface area contributed by atoms with E-state index in [1.165, 1.54) is 11.3 Å². The number of unbranched alkanes of at least 4 members (excludes halogenated alkanes) is 1. The Morgan fingerprint density at radius 3 is 2.43 bits per heavy atom. The number of hydrogen-bond donors (Lipinski definition) is 2. The second-order valence-corrected chi connectivity index (χ2v) is 9.40.